The predicted molar refractivity (Wildman–Crippen MR) is 157 cm³/mol. The molecule has 39 heavy (non-hydrogen) atoms. The minimum absolute atomic E-state index is 0.00221. The van der Waals surface area contributed by atoms with Crippen LogP contribution < -0.4 is 9.64 Å². The number of halogens is 1. The van der Waals surface area contributed by atoms with E-state index >= 15 is 0 Å². The number of rotatable bonds is 8. The van der Waals surface area contributed by atoms with E-state index in [4.69, 9.17) is 21.3 Å². The van der Waals surface area contributed by atoms with Crippen molar-refractivity contribution in [2.75, 3.05) is 11.5 Å². The van der Waals surface area contributed by atoms with Gasteiger partial charge in [-0.25, -0.2) is 4.98 Å². The quantitative estimate of drug-likeness (QED) is 0.103. The van der Waals surface area contributed by atoms with E-state index in [-0.39, 0.29) is 11.3 Å². The van der Waals surface area contributed by atoms with Crippen molar-refractivity contribution >= 4 is 55.7 Å². The van der Waals surface area contributed by atoms with Crippen molar-refractivity contribution < 1.29 is 19.4 Å². The first kappa shape index (κ1) is 26.9. The highest BCUT2D eigenvalue weighted by Crippen LogP contribution is 2.45. The molecule has 5 rings (SSSR count). The van der Waals surface area contributed by atoms with Gasteiger partial charge in [0.1, 0.15) is 11.5 Å². The number of fused-ring (bicyclic) bond motifs is 1. The van der Waals surface area contributed by atoms with E-state index < -0.39 is 17.7 Å². The molecule has 0 bridgehead atoms. The van der Waals surface area contributed by atoms with Gasteiger partial charge in [-0.1, -0.05) is 60.9 Å². The molecule has 1 fully saturated rings. The van der Waals surface area contributed by atoms with Crippen molar-refractivity contribution in [1.82, 2.24) is 4.98 Å². The third-order valence-electron chi connectivity index (χ3n) is 6.78. The fourth-order valence-electron chi connectivity index (χ4n) is 4.89. The molecule has 2 heterocycles. The van der Waals surface area contributed by atoms with E-state index in [1.165, 1.54) is 16.2 Å². The highest BCUT2D eigenvalue weighted by molar-refractivity contribution is 7.22. The Morgan fingerprint density at radius 3 is 2.59 bits per heavy atom. The van der Waals surface area contributed by atoms with Crippen molar-refractivity contribution in [1.29, 1.82) is 0 Å². The number of aliphatic hydroxyl groups is 1. The zero-order valence-electron chi connectivity index (χ0n) is 22.0. The van der Waals surface area contributed by atoms with Gasteiger partial charge in [-0.15, -0.1) is 0 Å². The number of Topliss-reactive ketones (excluding diaryl/α,β-unsaturated/α-hetero) is 1. The van der Waals surface area contributed by atoms with Crippen LogP contribution in [0.2, 0.25) is 5.02 Å². The van der Waals surface area contributed by atoms with E-state index in [0.29, 0.717) is 33.6 Å². The number of aromatic nitrogens is 1. The van der Waals surface area contributed by atoms with Crippen LogP contribution in [0.1, 0.15) is 54.5 Å². The molecular weight excluding hydrogens is 532 g/mol. The Hall–Kier alpha value is -3.68. The maximum absolute atomic E-state index is 13.6. The predicted octanol–water partition coefficient (Wildman–Crippen LogP) is 7.76. The maximum atomic E-state index is 13.6. The zero-order valence-corrected chi connectivity index (χ0v) is 23.6. The Balaban J connectivity index is 1.66. The summed E-state index contributed by atoms with van der Waals surface area (Å²) in [4.78, 5) is 33.3. The largest absolute Gasteiger partial charge is 0.507 e. The number of aliphatic hydroxyl groups excluding tert-OH is 1. The van der Waals surface area contributed by atoms with E-state index in [1.807, 2.05) is 50.2 Å². The number of nitrogens with zero attached hydrogens (tertiary/aromatic N) is 2. The summed E-state index contributed by atoms with van der Waals surface area (Å²) in [6.45, 7) is 6.69. The van der Waals surface area contributed by atoms with Crippen LogP contribution in [-0.2, 0) is 9.59 Å². The third-order valence-corrected chi connectivity index (χ3v) is 8.03. The first-order chi connectivity index (χ1) is 18.8. The average Bonchev–Trinajstić information content (AvgIpc) is 3.45. The molecule has 1 aromatic heterocycles. The first-order valence-electron chi connectivity index (χ1n) is 13.0. The minimum Gasteiger partial charge on any atom is -0.507 e. The lowest BCUT2D eigenvalue weighted by Crippen LogP contribution is -2.29. The summed E-state index contributed by atoms with van der Waals surface area (Å²) >= 11 is 7.40. The van der Waals surface area contributed by atoms with Gasteiger partial charge in [-0.2, -0.15) is 0 Å². The van der Waals surface area contributed by atoms with Crippen molar-refractivity contribution in [3.8, 4) is 5.75 Å². The molecule has 1 aliphatic rings. The van der Waals surface area contributed by atoms with Gasteiger partial charge < -0.3 is 9.84 Å². The number of ether oxygens (including phenoxy) is 1. The molecule has 1 saturated heterocycles. The van der Waals surface area contributed by atoms with Gasteiger partial charge in [-0.3, -0.25) is 14.5 Å². The van der Waals surface area contributed by atoms with E-state index in [2.05, 4.69) is 6.92 Å². The van der Waals surface area contributed by atoms with Crippen LogP contribution >= 0.6 is 22.9 Å². The first-order valence-corrected chi connectivity index (χ1v) is 14.2. The van der Waals surface area contributed by atoms with Crippen molar-refractivity contribution in [2.24, 2.45) is 0 Å². The Bertz CT molecular complexity index is 1590. The van der Waals surface area contributed by atoms with Gasteiger partial charge in [0.05, 0.1) is 28.4 Å². The molecule has 1 N–H and O–H groups in total. The second-order valence-electron chi connectivity index (χ2n) is 9.73. The van der Waals surface area contributed by atoms with Crippen LogP contribution in [0.4, 0.5) is 5.13 Å². The number of carbonyl (C=O) groups is 2. The van der Waals surface area contributed by atoms with Crippen LogP contribution in [0.3, 0.4) is 0 Å². The van der Waals surface area contributed by atoms with E-state index in [0.717, 1.165) is 40.6 Å². The third kappa shape index (κ3) is 5.29. The standard InChI is InChI=1S/C31H29ClN2O4S/c1-4-5-6-14-38-23-9-7-8-21(17-23)27-25(28(35)20-10-12-22(32)13-11-20)29(36)30(37)34(27)31-33-26-19(3)15-18(2)16-24(26)39-31/h7-13,15-17,27,35H,4-6,14H2,1-3H3/b28-25+. The van der Waals surface area contributed by atoms with Gasteiger partial charge >= 0.3 is 5.91 Å². The Morgan fingerprint density at radius 2 is 1.85 bits per heavy atom. The summed E-state index contributed by atoms with van der Waals surface area (Å²) in [5, 5.41) is 12.3. The summed E-state index contributed by atoms with van der Waals surface area (Å²) < 4.78 is 6.90. The molecule has 0 aliphatic carbocycles. The van der Waals surface area contributed by atoms with E-state index in [9.17, 15) is 14.7 Å². The molecule has 1 amide bonds. The SMILES string of the molecule is CCCCCOc1cccc(C2/C(=C(\O)c3ccc(Cl)cc3)C(=O)C(=O)N2c2nc3c(C)cc(C)cc3s2)c1. The van der Waals surface area contributed by atoms with Crippen LogP contribution in [0.5, 0.6) is 5.75 Å². The van der Waals surface area contributed by atoms with Gasteiger partial charge in [0.2, 0.25) is 0 Å². The number of unbranched alkanes of at least 4 members (excludes halogenated alkanes) is 2. The normalized spacial score (nSPS) is 16.8. The molecule has 1 aliphatic heterocycles. The fourth-order valence-corrected chi connectivity index (χ4v) is 6.18. The molecule has 200 valence electrons. The lowest BCUT2D eigenvalue weighted by molar-refractivity contribution is -0.132. The molecule has 8 heteroatoms. The molecular formula is C31H29ClN2O4S. The topological polar surface area (TPSA) is 79.7 Å². The fraction of sp³-hybridized carbons (Fsp3) is 0.258. The number of anilines is 1. The number of hydrogen-bond donors (Lipinski definition) is 1. The molecule has 3 aromatic carbocycles. The summed E-state index contributed by atoms with van der Waals surface area (Å²) in [5.41, 5.74) is 3.90. The highest BCUT2D eigenvalue weighted by Gasteiger charge is 2.48. The number of benzene rings is 3. The van der Waals surface area contributed by atoms with Crippen molar-refractivity contribution in [3.63, 3.8) is 0 Å². The lowest BCUT2D eigenvalue weighted by Gasteiger charge is -2.23. The number of aryl methyl sites for hydroxylation is 2. The average molecular weight is 561 g/mol. The Kier molecular flexibility index (Phi) is 7.73. The van der Waals surface area contributed by atoms with Crippen LogP contribution in [0.15, 0.2) is 66.2 Å². The van der Waals surface area contributed by atoms with Crippen LogP contribution in [0.25, 0.3) is 16.0 Å². The van der Waals surface area contributed by atoms with Gasteiger partial charge in [0.15, 0.2) is 5.13 Å². The molecule has 0 radical (unpaired) electrons. The summed E-state index contributed by atoms with van der Waals surface area (Å²) in [5.74, 6) is -1.14. The Labute approximate surface area is 236 Å². The minimum atomic E-state index is -0.887. The second kappa shape index (κ2) is 11.2. The number of thiazole rings is 1. The molecule has 1 atom stereocenters. The summed E-state index contributed by atoms with van der Waals surface area (Å²) in [7, 11) is 0. The summed E-state index contributed by atoms with van der Waals surface area (Å²) in [6, 6.07) is 17.0. The molecule has 6 nitrogen and oxygen atoms in total. The molecule has 0 saturated carbocycles. The lowest BCUT2D eigenvalue weighted by atomic mass is 9.95. The van der Waals surface area contributed by atoms with Gasteiger partial charge in [0.25, 0.3) is 5.78 Å². The second-order valence-corrected chi connectivity index (χ2v) is 11.2. The number of amides is 1. The highest BCUT2D eigenvalue weighted by atomic mass is 35.5. The van der Waals surface area contributed by atoms with Crippen LogP contribution in [-0.4, -0.2) is 28.4 Å². The smallest absolute Gasteiger partial charge is 0.301 e. The number of carbonyl (C=O) groups excluding carboxylic acids is 2. The molecule has 1 unspecified atom stereocenters. The zero-order chi connectivity index (χ0) is 27.7. The van der Waals surface area contributed by atoms with Crippen LogP contribution in [0, 0.1) is 13.8 Å². The number of hydrogen-bond acceptors (Lipinski definition) is 6. The summed E-state index contributed by atoms with van der Waals surface area (Å²) in [6.07, 6.45) is 3.08. The van der Waals surface area contributed by atoms with Crippen molar-refractivity contribution in [3.05, 3.63) is 93.5 Å². The number of ketones is 1. The molecule has 4 aromatic rings. The monoisotopic (exact) mass is 560 g/mol. The van der Waals surface area contributed by atoms with Crippen molar-refractivity contribution in [2.45, 2.75) is 46.1 Å². The van der Waals surface area contributed by atoms with Gasteiger partial charge in [0, 0.05) is 10.6 Å². The van der Waals surface area contributed by atoms with E-state index in [1.54, 1.807) is 24.3 Å². The Morgan fingerprint density at radius 1 is 1.08 bits per heavy atom. The molecule has 0 spiro atoms. The maximum Gasteiger partial charge on any atom is 0.301 e. The van der Waals surface area contributed by atoms with Gasteiger partial charge in [-0.05, 0) is 79.4 Å².